The van der Waals surface area contributed by atoms with E-state index in [1.165, 1.54) is 25.1 Å². The number of benzene rings is 1. The van der Waals surface area contributed by atoms with Crippen molar-refractivity contribution in [1.82, 2.24) is 0 Å². The summed E-state index contributed by atoms with van der Waals surface area (Å²) in [5.41, 5.74) is 0.709. The highest BCUT2D eigenvalue weighted by molar-refractivity contribution is 5.94. The largest absolute Gasteiger partial charge is 0.508 e. The highest BCUT2D eigenvalue weighted by atomic mass is 16.6. The maximum Gasteiger partial charge on any atom is 0.339 e. The van der Waals surface area contributed by atoms with Gasteiger partial charge in [-0.05, 0) is 19.1 Å². The molecule has 0 radical (unpaired) electrons. The quantitative estimate of drug-likeness (QED) is 0.631. The van der Waals surface area contributed by atoms with Crippen LogP contribution in [0.4, 0.5) is 0 Å². The molecule has 0 aliphatic carbocycles. The summed E-state index contributed by atoms with van der Waals surface area (Å²) < 4.78 is 4.95. The van der Waals surface area contributed by atoms with E-state index in [1.54, 1.807) is 0 Å². The van der Waals surface area contributed by atoms with Gasteiger partial charge < -0.3 is 20.1 Å². The summed E-state index contributed by atoms with van der Waals surface area (Å²) in [5.74, 6) is -0.640. The van der Waals surface area contributed by atoms with E-state index >= 15 is 0 Å². The molecule has 5 heteroatoms. The van der Waals surface area contributed by atoms with Crippen LogP contribution in [0.3, 0.4) is 0 Å². The molecule has 16 heavy (non-hydrogen) atoms. The molecule has 1 aliphatic rings. The molecule has 1 aliphatic heterocycles. The van der Waals surface area contributed by atoms with E-state index < -0.39 is 24.3 Å². The van der Waals surface area contributed by atoms with E-state index in [9.17, 15) is 20.1 Å². The second kappa shape index (κ2) is 3.77. The Balaban J connectivity index is 2.40. The van der Waals surface area contributed by atoms with Crippen LogP contribution >= 0.6 is 0 Å². The van der Waals surface area contributed by atoms with Gasteiger partial charge in [-0.2, -0.15) is 0 Å². The molecule has 1 aromatic carbocycles. The molecular weight excluding hydrogens is 212 g/mol. The SMILES string of the molecule is C[C@H](O)[C@@H](O)[C@@H]1OC(=O)c2cc(O)ccc21. The number of aliphatic hydroxyl groups is 2. The number of phenols is 1. The first-order valence-corrected chi connectivity index (χ1v) is 4.90. The molecule has 0 saturated heterocycles. The monoisotopic (exact) mass is 224 g/mol. The zero-order valence-electron chi connectivity index (χ0n) is 8.62. The molecule has 0 unspecified atom stereocenters. The molecule has 3 atom stereocenters. The zero-order chi connectivity index (χ0) is 11.9. The average molecular weight is 224 g/mol. The van der Waals surface area contributed by atoms with Crippen molar-refractivity contribution in [3.05, 3.63) is 29.3 Å². The summed E-state index contributed by atoms with van der Waals surface area (Å²) in [6.07, 6.45) is -3.05. The van der Waals surface area contributed by atoms with Gasteiger partial charge in [-0.15, -0.1) is 0 Å². The number of aromatic hydroxyl groups is 1. The first-order chi connectivity index (χ1) is 7.50. The Morgan fingerprint density at radius 1 is 1.38 bits per heavy atom. The van der Waals surface area contributed by atoms with E-state index in [1.807, 2.05) is 0 Å². The van der Waals surface area contributed by atoms with Gasteiger partial charge in [-0.1, -0.05) is 6.07 Å². The van der Waals surface area contributed by atoms with Gasteiger partial charge in [-0.25, -0.2) is 4.79 Å². The number of hydrogen-bond acceptors (Lipinski definition) is 5. The Bertz CT molecular complexity index is 426. The second-order valence-electron chi connectivity index (χ2n) is 3.83. The lowest BCUT2D eigenvalue weighted by Gasteiger charge is -2.20. The van der Waals surface area contributed by atoms with Gasteiger partial charge in [0.1, 0.15) is 11.9 Å². The topological polar surface area (TPSA) is 87.0 Å². The average Bonchev–Trinajstić information content (AvgIpc) is 2.55. The Hall–Kier alpha value is -1.59. The number of carbonyl (C=O) groups excluding carboxylic acids is 1. The van der Waals surface area contributed by atoms with Crippen LogP contribution in [0.2, 0.25) is 0 Å². The summed E-state index contributed by atoms with van der Waals surface area (Å²) in [5, 5.41) is 28.2. The number of fused-ring (bicyclic) bond motifs is 1. The van der Waals surface area contributed by atoms with E-state index in [0.717, 1.165) is 0 Å². The fourth-order valence-corrected chi connectivity index (χ4v) is 1.72. The van der Waals surface area contributed by atoms with Crippen molar-refractivity contribution in [2.45, 2.75) is 25.2 Å². The maximum atomic E-state index is 11.4. The number of rotatable bonds is 2. The highest BCUT2D eigenvalue weighted by Gasteiger charge is 2.37. The number of ether oxygens (including phenoxy) is 1. The Morgan fingerprint density at radius 3 is 2.69 bits per heavy atom. The molecule has 5 nitrogen and oxygen atoms in total. The van der Waals surface area contributed by atoms with E-state index in [-0.39, 0.29) is 11.3 Å². The molecule has 1 heterocycles. The number of hydrogen-bond donors (Lipinski definition) is 3. The van der Waals surface area contributed by atoms with Crippen molar-refractivity contribution in [3.63, 3.8) is 0 Å². The van der Waals surface area contributed by atoms with Crippen LogP contribution in [0.5, 0.6) is 5.75 Å². The first-order valence-electron chi connectivity index (χ1n) is 4.90. The van der Waals surface area contributed by atoms with E-state index in [0.29, 0.717) is 5.56 Å². The lowest BCUT2D eigenvalue weighted by Crippen LogP contribution is -2.29. The van der Waals surface area contributed by atoms with Crippen LogP contribution in [0, 0.1) is 0 Å². The second-order valence-corrected chi connectivity index (χ2v) is 3.83. The van der Waals surface area contributed by atoms with Crippen molar-refractivity contribution in [2.24, 2.45) is 0 Å². The van der Waals surface area contributed by atoms with Gasteiger partial charge in [-0.3, -0.25) is 0 Å². The smallest absolute Gasteiger partial charge is 0.339 e. The van der Waals surface area contributed by atoms with Crippen LogP contribution in [-0.2, 0) is 4.74 Å². The lowest BCUT2D eigenvalue weighted by molar-refractivity contribution is -0.0587. The van der Waals surface area contributed by atoms with Gasteiger partial charge in [0.15, 0.2) is 6.10 Å². The predicted octanol–water partition coefficient (Wildman–Crippen LogP) is 0.345. The molecule has 0 saturated carbocycles. The van der Waals surface area contributed by atoms with Gasteiger partial charge in [0.2, 0.25) is 0 Å². The van der Waals surface area contributed by atoms with Gasteiger partial charge in [0.25, 0.3) is 0 Å². The number of aliphatic hydroxyl groups excluding tert-OH is 2. The number of esters is 1. The molecule has 0 fully saturated rings. The Morgan fingerprint density at radius 2 is 2.06 bits per heavy atom. The summed E-state index contributed by atoms with van der Waals surface area (Å²) in [6.45, 7) is 1.41. The molecule has 3 N–H and O–H groups in total. The highest BCUT2D eigenvalue weighted by Crippen LogP contribution is 2.35. The fraction of sp³-hybridized carbons (Fsp3) is 0.364. The Kier molecular flexibility index (Phi) is 2.57. The standard InChI is InChI=1S/C11H12O5/c1-5(12)9(14)10-7-3-2-6(13)4-8(7)11(15)16-10/h2-5,9-10,12-14H,1H3/t5-,9+,10+/m0/s1. The third-order valence-electron chi connectivity index (χ3n) is 2.60. The molecule has 0 amide bonds. The third-order valence-corrected chi connectivity index (χ3v) is 2.60. The molecular formula is C11H12O5. The molecule has 0 spiro atoms. The minimum atomic E-state index is -1.17. The number of cyclic esters (lactones) is 1. The van der Waals surface area contributed by atoms with Gasteiger partial charge >= 0.3 is 5.97 Å². The van der Waals surface area contributed by atoms with Crippen molar-refractivity contribution >= 4 is 5.97 Å². The predicted molar refractivity (Wildman–Crippen MR) is 54.0 cm³/mol. The van der Waals surface area contributed by atoms with Crippen LogP contribution in [0.25, 0.3) is 0 Å². The van der Waals surface area contributed by atoms with E-state index in [4.69, 9.17) is 4.74 Å². The van der Waals surface area contributed by atoms with Crippen LogP contribution in [0.15, 0.2) is 18.2 Å². The maximum absolute atomic E-state index is 11.4. The van der Waals surface area contributed by atoms with Crippen molar-refractivity contribution < 1.29 is 24.9 Å². The number of phenolic OH excluding ortho intramolecular Hbond substituents is 1. The van der Waals surface area contributed by atoms with E-state index in [2.05, 4.69) is 0 Å². The van der Waals surface area contributed by atoms with Crippen LogP contribution < -0.4 is 0 Å². The van der Waals surface area contributed by atoms with Gasteiger partial charge in [0, 0.05) is 5.56 Å². The summed E-state index contributed by atoms with van der Waals surface area (Å²) in [7, 11) is 0. The van der Waals surface area contributed by atoms with Crippen LogP contribution in [0.1, 0.15) is 28.9 Å². The summed E-state index contributed by atoms with van der Waals surface area (Å²) >= 11 is 0. The minimum absolute atomic E-state index is 0.0390. The van der Waals surface area contributed by atoms with Crippen molar-refractivity contribution in [2.75, 3.05) is 0 Å². The Labute approximate surface area is 91.9 Å². The molecule has 2 rings (SSSR count). The zero-order valence-corrected chi connectivity index (χ0v) is 8.62. The lowest BCUT2D eigenvalue weighted by atomic mass is 9.99. The molecule has 1 aromatic rings. The number of carbonyl (C=O) groups is 1. The third kappa shape index (κ3) is 1.64. The first kappa shape index (κ1) is 10.9. The normalized spacial score (nSPS) is 22.4. The van der Waals surface area contributed by atoms with Gasteiger partial charge in [0.05, 0.1) is 11.7 Å². The minimum Gasteiger partial charge on any atom is -0.508 e. The fourth-order valence-electron chi connectivity index (χ4n) is 1.72. The molecule has 0 bridgehead atoms. The van der Waals surface area contributed by atoms with Crippen molar-refractivity contribution in [1.29, 1.82) is 0 Å². The van der Waals surface area contributed by atoms with Crippen LogP contribution in [-0.4, -0.2) is 33.5 Å². The molecule has 0 aromatic heterocycles. The van der Waals surface area contributed by atoms with Crippen molar-refractivity contribution in [3.8, 4) is 5.75 Å². The summed E-state index contributed by atoms with van der Waals surface area (Å²) in [6, 6.07) is 4.20. The molecule has 86 valence electrons. The summed E-state index contributed by atoms with van der Waals surface area (Å²) in [4.78, 5) is 11.4.